The summed E-state index contributed by atoms with van der Waals surface area (Å²) in [5, 5.41) is 0. The molecule has 0 radical (unpaired) electrons. The molecule has 0 aliphatic heterocycles. The summed E-state index contributed by atoms with van der Waals surface area (Å²) < 4.78 is 0. The van der Waals surface area contributed by atoms with Crippen LogP contribution in [0.25, 0.3) is 0 Å². The van der Waals surface area contributed by atoms with Gasteiger partial charge in [-0.05, 0) is 46.0 Å². The summed E-state index contributed by atoms with van der Waals surface area (Å²) in [5.74, 6) is 0.331. The summed E-state index contributed by atoms with van der Waals surface area (Å²) in [6, 6.07) is 0. The van der Waals surface area contributed by atoms with E-state index in [1.807, 2.05) is 4.90 Å². The van der Waals surface area contributed by atoms with Gasteiger partial charge in [-0.1, -0.05) is 70.4 Å². The third kappa shape index (κ3) is 27.4. The van der Waals surface area contributed by atoms with Crippen LogP contribution in [0.2, 0.25) is 0 Å². The Hall–Kier alpha value is -0.580. The first-order valence-electron chi connectivity index (χ1n) is 12.0. The van der Waals surface area contributed by atoms with E-state index in [1.54, 1.807) is 0 Å². The fraction of sp³-hybridized carbons (Fsp3) is 0.875. The zero-order valence-corrected chi connectivity index (χ0v) is 20.6. The van der Waals surface area contributed by atoms with Crippen molar-refractivity contribution >= 4 is 18.3 Å². The first-order valence-corrected chi connectivity index (χ1v) is 12.0. The lowest BCUT2D eigenvalue weighted by Gasteiger charge is -2.18. The van der Waals surface area contributed by atoms with Gasteiger partial charge in [-0.15, -0.1) is 12.4 Å². The van der Waals surface area contributed by atoms with Crippen LogP contribution < -0.4 is 11.5 Å². The molecule has 0 aromatic carbocycles. The highest BCUT2D eigenvalue weighted by molar-refractivity contribution is 5.85. The van der Waals surface area contributed by atoms with E-state index >= 15 is 0 Å². The molecule has 0 fully saturated rings. The number of nitrogens with zero attached hydrogens (tertiary/aromatic N) is 1. The van der Waals surface area contributed by atoms with Gasteiger partial charge in [0, 0.05) is 32.6 Å². The Morgan fingerprint density at radius 1 is 0.690 bits per heavy atom. The predicted octanol–water partition coefficient (Wildman–Crippen LogP) is 6.22. The van der Waals surface area contributed by atoms with Crippen LogP contribution in [-0.2, 0) is 4.79 Å². The first-order chi connectivity index (χ1) is 13.7. The van der Waals surface area contributed by atoms with Crippen molar-refractivity contribution < 1.29 is 4.79 Å². The number of nitrogens with two attached hydrogens (primary N) is 2. The van der Waals surface area contributed by atoms with Crippen LogP contribution in [0.3, 0.4) is 0 Å². The Morgan fingerprint density at radius 3 is 1.52 bits per heavy atom. The molecule has 0 aromatic heterocycles. The molecular weight excluding hydrogens is 382 g/mol. The standard InChI is InChI=1S/C22H43NO.C2H8N2.ClH/c1-4-7-8-9-10-11-12-13-14-15-16-17-18-19-20-21-22(24)23(5-2)6-3;3-1-2-4;/h13-14H,4-12,15-21H2,1-3H3;1-4H2;1H/b14-13-;;. The number of unbranched alkanes of at least 4 members (excludes halogenated alkanes) is 11. The summed E-state index contributed by atoms with van der Waals surface area (Å²) >= 11 is 0. The lowest BCUT2D eigenvalue weighted by molar-refractivity contribution is -0.130. The van der Waals surface area contributed by atoms with Gasteiger partial charge in [-0.3, -0.25) is 4.79 Å². The second kappa shape index (κ2) is 29.6. The number of amides is 1. The zero-order chi connectivity index (χ0) is 21.3. The van der Waals surface area contributed by atoms with Crippen LogP contribution in [0.1, 0.15) is 111 Å². The molecule has 4 nitrogen and oxygen atoms in total. The summed E-state index contributed by atoms with van der Waals surface area (Å²) in [7, 11) is 0. The number of hydrogen-bond donors (Lipinski definition) is 2. The SMILES string of the molecule is CCCCCCCC/C=C\CCCCCCCC(=O)N(CC)CC.Cl.NCCN. The van der Waals surface area contributed by atoms with Crippen molar-refractivity contribution in [2.75, 3.05) is 26.2 Å². The van der Waals surface area contributed by atoms with Crippen LogP contribution in [0.15, 0.2) is 12.2 Å². The van der Waals surface area contributed by atoms with Crippen LogP contribution in [0.5, 0.6) is 0 Å². The third-order valence-corrected chi connectivity index (χ3v) is 4.94. The molecule has 0 atom stereocenters. The van der Waals surface area contributed by atoms with Crippen molar-refractivity contribution in [3.8, 4) is 0 Å². The molecule has 0 unspecified atom stereocenters. The molecule has 0 spiro atoms. The zero-order valence-electron chi connectivity index (χ0n) is 19.8. The van der Waals surface area contributed by atoms with E-state index in [0.717, 1.165) is 25.9 Å². The summed E-state index contributed by atoms with van der Waals surface area (Å²) in [6.45, 7) is 9.28. The largest absolute Gasteiger partial charge is 0.343 e. The minimum atomic E-state index is 0. The fourth-order valence-corrected chi connectivity index (χ4v) is 3.08. The van der Waals surface area contributed by atoms with Crippen LogP contribution in [0, 0.1) is 0 Å². The average molecular weight is 434 g/mol. The van der Waals surface area contributed by atoms with Crippen molar-refractivity contribution in [1.29, 1.82) is 0 Å². The number of carbonyl (C=O) groups excluding carboxylic acids is 1. The molecule has 176 valence electrons. The first kappa shape index (κ1) is 33.1. The Bertz CT molecular complexity index is 332. The molecule has 0 rings (SSSR count). The van der Waals surface area contributed by atoms with Crippen molar-refractivity contribution in [1.82, 2.24) is 4.90 Å². The molecule has 29 heavy (non-hydrogen) atoms. The fourth-order valence-electron chi connectivity index (χ4n) is 3.08. The van der Waals surface area contributed by atoms with Gasteiger partial charge in [0.2, 0.25) is 5.91 Å². The normalized spacial score (nSPS) is 10.4. The van der Waals surface area contributed by atoms with Gasteiger partial charge in [0.1, 0.15) is 0 Å². The van der Waals surface area contributed by atoms with Crippen molar-refractivity contribution in [3.05, 3.63) is 12.2 Å². The molecule has 0 aliphatic carbocycles. The van der Waals surface area contributed by atoms with E-state index in [4.69, 9.17) is 11.5 Å². The molecule has 5 heteroatoms. The summed E-state index contributed by atoms with van der Waals surface area (Å²) in [5.41, 5.74) is 9.81. The maximum absolute atomic E-state index is 11.9. The Labute approximate surface area is 188 Å². The van der Waals surface area contributed by atoms with Crippen LogP contribution in [0.4, 0.5) is 0 Å². The number of rotatable bonds is 18. The summed E-state index contributed by atoms with van der Waals surface area (Å²) in [6.07, 6.45) is 22.5. The quantitative estimate of drug-likeness (QED) is 0.199. The molecule has 0 heterocycles. The van der Waals surface area contributed by atoms with E-state index < -0.39 is 0 Å². The Morgan fingerprint density at radius 2 is 1.10 bits per heavy atom. The highest BCUT2D eigenvalue weighted by Crippen LogP contribution is 2.10. The molecule has 1 amide bonds. The lowest BCUT2D eigenvalue weighted by Crippen LogP contribution is -2.30. The molecule has 0 aromatic rings. The van der Waals surface area contributed by atoms with E-state index in [-0.39, 0.29) is 12.4 Å². The van der Waals surface area contributed by atoms with Gasteiger partial charge in [-0.2, -0.15) is 0 Å². The number of carbonyl (C=O) groups is 1. The molecule has 0 saturated heterocycles. The van der Waals surface area contributed by atoms with Gasteiger partial charge in [0.25, 0.3) is 0 Å². The van der Waals surface area contributed by atoms with E-state index in [1.165, 1.54) is 77.0 Å². The smallest absolute Gasteiger partial charge is 0.222 e. The van der Waals surface area contributed by atoms with E-state index in [9.17, 15) is 4.79 Å². The minimum Gasteiger partial charge on any atom is -0.343 e. The van der Waals surface area contributed by atoms with Crippen LogP contribution >= 0.6 is 12.4 Å². The molecular formula is C24H52ClN3O. The maximum atomic E-state index is 11.9. The topological polar surface area (TPSA) is 72.3 Å². The monoisotopic (exact) mass is 433 g/mol. The minimum absolute atomic E-state index is 0. The lowest BCUT2D eigenvalue weighted by atomic mass is 10.1. The number of allylic oxidation sites excluding steroid dienone is 2. The highest BCUT2D eigenvalue weighted by atomic mass is 35.5. The Balaban J connectivity index is -0.00000123. The van der Waals surface area contributed by atoms with E-state index in [0.29, 0.717) is 19.0 Å². The van der Waals surface area contributed by atoms with Gasteiger partial charge >= 0.3 is 0 Å². The molecule has 0 aliphatic rings. The maximum Gasteiger partial charge on any atom is 0.222 e. The van der Waals surface area contributed by atoms with Gasteiger partial charge in [0.05, 0.1) is 0 Å². The van der Waals surface area contributed by atoms with Gasteiger partial charge < -0.3 is 16.4 Å². The molecule has 0 bridgehead atoms. The van der Waals surface area contributed by atoms with Crippen molar-refractivity contribution in [2.45, 2.75) is 111 Å². The Kier molecular flexibility index (Phi) is 33.8. The second-order valence-corrected chi connectivity index (χ2v) is 7.48. The predicted molar refractivity (Wildman–Crippen MR) is 133 cm³/mol. The molecule has 4 N–H and O–H groups in total. The van der Waals surface area contributed by atoms with Gasteiger partial charge in [-0.25, -0.2) is 0 Å². The van der Waals surface area contributed by atoms with Crippen molar-refractivity contribution in [3.63, 3.8) is 0 Å². The second-order valence-electron chi connectivity index (χ2n) is 7.48. The summed E-state index contributed by atoms with van der Waals surface area (Å²) in [4.78, 5) is 13.8. The van der Waals surface area contributed by atoms with Gasteiger partial charge in [0.15, 0.2) is 0 Å². The highest BCUT2D eigenvalue weighted by Gasteiger charge is 2.07. The van der Waals surface area contributed by atoms with Crippen molar-refractivity contribution in [2.24, 2.45) is 11.5 Å². The average Bonchev–Trinajstić information content (AvgIpc) is 2.72. The van der Waals surface area contributed by atoms with E-state index in [2.05, 4.69) is 32.9 Å². The third-order valence-electron chi connectivity index (χ3n) is 4.94. The number of hydrogen-bond acceptors (Lipinski definition) is 3. The number of halogens is 1. The molecule has 0 saturated carbocycles. The van der Waals surface area contributed by atoms with Crippen LogP contribution in [-0.4, -0.2) is 37.0 Å².